The van der Waals surface area contributed by atoms with E-state index in [0.717, 1.165) is 45.3 Å². The van der Waals surface area contributed by atoms with E-state index in [2.05, 4.69) is 38.8 Å². The van der Waals surface area contributed by atoms with Gasteiger partial charge in [0.05, 0.1) is 5.56 Å². The maximum absolute atomic E-state index is 14.3. The van der Waals surface area contributed by atoms with Crippen LogP contribution in [-0.2, 0) is 4.79 Å². The molecule has 2 aromatic rings. The van der Waals surface area contributed by atoms with Crippen LogP contribution in [-0.4, -0.2) is 81.5 Å². The lowest BCUT2D eigenvalue weighted by molar-refractivity contribution is -0.108. The minimum absolute atomic E-state index is 0.0704. The molecule has 1 aromatic heterocycles. The van der Waals surface area contributed by atoms with Gasteiger partial charge in [-0.15, -0.1) is 10.2 Å². The number of anilines is 1. The summed E-state index contributed by atoms with van der Waals surface area (Å²) in [6.45, 7) is 15.7. The largest absolute Gasteiger partial charge is 0.434 e. The molecule has 1 atom stereocenters. The van der Waals surface area contributed by atoms with E-state index in [0.29, 0.717) is 24.2 Å². The average molecular weight is 541 g/mol. The minimum atomic E-state index is -0.514. The molecule has 0 aliphatic carbocycles. The molecule has 0 radical (unpaired) electrons. The van der Waals surface area contributed by atoms with E-state index >= 15 is 0 Å². The highest BCUT2D eigenvalue weighted by atomic mass is 19.1. The summed E-state index contributed by atoms with van der Waals surface area (Å²) in [5.41, 5.74) is 0.291. The molecular weight excluding hydrogens is 499 g/mol. The van der Waals surface area contributed by atoms with Crippen LogP contribution in [0.3, 0.4) is 0 Å². The standard InChI is InChI=1S/C29H41FN6O3/c1-19(2)24(8-7-13-37)35-16-29(17-35)11-12-34(15-29)26-27(33-32-18-31-26)39-25-10-9-22(30)14-23(25)28(38)36(20(3)4)21(5)6/h9-10,13-14,18-21,24H,7-8,11-12,15-17H2,1-6H3. The second-order valence-corrected chi connectivity index (χ2v) is 11.9. The Hall–Kier alpha value is -3.14. The molecule has 2 fully saturated rings. The highest BCUT2D eigenvalue weighted by Crippen LogP contribution is 2.44. The zero-order valence-corrected chi connectivity index (χ0v) is 23.9. The van der Waals surface area contributed by atoms with Crippen molar-refractivity contribution in [2.75, 3.05) is 31.1 Å². The van der Waals surface area contributed by atoms with Gasteiger partial charge in [0, 0.05) is 56.1 Å². The first-order chi connectivity index (χ1) is 18.5. The van der Waals surface area contributed by atoms with Gasteiger partial charge in [-0.1, -0.05) is 13.8 Å². The molecule has 3 heterocycles. The molecule has 10 heteroatoms. The summed E-state index contributed by atoms with van der Waals surface area (Å²) < 4.78 is 20.4. The summed E-state index contributed by atoms with van der Waals surface area (Å²) in [5, 5.41) is 8.14. The zero-order chi connectivity index (χ0) is 28.3. The lowest BCUT2D eigenvalue weighted by Crippen LogP contribution is -2.61. The van der Waals surface area contributed by atoms with Gasteiger partial charge in [-0.2, -0.15) is 0 Å². The molecule has 39 heavy (non-hydrogen) atoms. The van der Waals surface area contributed by atoms with E-state index in [1.165, 1.54) is 24.5 Å². The fourth-order valence-electron chi connectivity index (χ4n) is 6.21. The number of benzene rings is 1. The van der Waals surface area contributed by atoms with Gasteiger partial charge in [0.15, 0.2) is 5.82 Å². The Bertz CT molecular complexity index is 1160. The van der Waals surface area contributed by atoms with Crippen LogP contribution in [0.5, 0.6) is 11.6 Å². The van der Waals surface area contributed by atoms with Gasteiger partial charge < -0.3 is 19.3 Å². The molecule has 0 bridgehead atoms. The third-order valence-electron chi connectivity index (χ3n) is 7.93. The van der Waals surface area contributed by atoms with Crippen LogP contribution < -0.4 is 9.64 Å². The summed E-state index contributed by atoms with van der Waals surface area (Å²) in [5.74, 6) is 0.638. The van der Waals surface area contributed by atoms with Crippen molar-refractivity contribution in [3.05, 3.63) is 35.9 Å². The summed E-state index contributed by atoms with van der Waals surface area (Å²) in [6.07, 6.45) is 4.90. The van der Waals surface area contributed by atoms with Crippen molar-refractivity contribution in [2.45, 2.75) is 78.9 Å². The number of halogens is 1. The highest BCUT2D eigenvalue weighted by Gasteiger charge is 2.50. The first-order valence-corrected chi connectivity index (χ1v) is 14.0. The number of carbonyl (C=O) groups is 2. The molecule has 1 unspecified atom stereocenters. The Balaban J connectivity index is 1.52. The van der Waals surface area contributed by atoms with Crippen LogP contribution in [0.25, 0.3) is 0 Å². The van der Waals surface area contributed by atoms with Crippen LogP contribution in [0.15, 0.2) is 24.5 Å². The van der Waals surface area contributed by atoms with Crippen molar-refractivity contribution >= 4 is 18.0 Å². The second-order valence-electron chi connectivity index (χ2n) is 11.9. The smallest absolute Gasteiger partial charge is 0.282 e. The molecule has 1 aromatic carbocycles. The number of carbonyl (C=O) groups excluding carboxylic acids is 2. The Morgan fingerprint density at radius 1 is 1.15 bits per heavy atom. The molecular formula is C29H41FN6O3. The van der Waals surface area contributed by atoms with Crippen molar-refractivity contribution in [1.82, 2.24) is 25.0 Å². The number of amides is 1. The number of hydrogen-bond acceptors (Lipinski definition) is 8. The monoisotopic (exact) mass is 540 g/mol. The Morgan fingerprint density at radius 2 is 1.87 bits per heavy atom. The van der Waals surface area contributed by atoms with Gasteiger partial charge in [0.25, 0.3) is 11.8 Å². The van der Waals surface area contributed by atoms with Gasteiger partial charge in [0.1, 0.15) is 24.2 Å². The minimum Gasteiger partial charge on any atom is -0.434 e. The first kappa shape index (κ1) is 28.9. The molecule has 2 aliphatic rings. The predicted molar refractivity (Wildman–Crippen MR) is 148 cm³/mol. The quantitative estimate of drug-likeness (QED) is 0.383. The summed E-state index contributed by atoms with van der Waals surface area (Å²) in [6, 6.07) is 4.20. The van der Waals surface area contributed by atoms with Crippen molar-refractivity contribution < 1.29 is 18.7 Å². The number of hydrogen-bond donors (Lipinski definition) is 0. The molecule has 0 saturated carbocycles. The van der Waals surface area contributed by atoms with Gasteiger partial charge in [0.2, 0.25) is 0 Å². The summed E-state index contributed by atoms with van der Waals surface area (Å²) in [4.78, 5) is 35.3. The van der Waals surface area contributed by atoms with Crippen molar-refractivity contribution in [3.63, 3.8) is 0 Å². The number of aldehydes is 1. The zero-order valence-electron chi connectivity index (χ0n) is 23.9. The van der Waals surface area contributed by atoms with Crippen molar-refractivity contribution in [1.29, 1.82) is 0 Å². The van der Waals surface area contributed by atoms with Crippen LogP contribution in [0.2, 0.25) is 0 Å². The van der Waals surface area contributed by atoms with Crippen LogP contribution in [0, 0.1) is 17.2 Å². The van der Waals surface area contributed by atoms with Crippen molar-refractivity contribution in [3.8, 4) is 11.6 Å². The first-order valence-electron chi connectivity index (χ1n) is 14.0. The fraction of sp³-hybridized carbons (Fsp3) is 0.621. The Morgan fingerprint density at radius 3 is 2.51 bits per heavy atom. The van der Waals surface area contributed by atoms with Gasteiger partial charge >= 0.3 is 0 Å². The molecule has 2 aliphatic heterocycles. The molecule has 1 amide bonds. The second kappa shape index (κ2) is 11.9. The number of nitrogens with zero attached hydrogens (tertiary/aromatic N) is 6. The third-order valence-corrected chi connectivity index (χ3v) is 7.93. The van der Waals surface area contributed by atoms with Crippen LogP contribution >= 0.6 is 0 Å². The topological polar surface area (TPSA) is 91.8 Å². The molecule has 0 N–H and O–H groups in total. The highest BCUT2D eigenvalue weighted by molar-refractivity contribution is 5.97. The molecule has 212 valence electrons. The number of rotatable bonds is 11. The van der Waals surface area contributed by atoms with Crippen molar-refractivity contribution in [2.24, 2.45) is 11.3 Å². The molecule has 4 rings (SSSR count). The maximum Gasteiger partial charge on any atom is 0.282 e. The predicted octanol–water partition coefficient (Wildman–Crippen LogP) is 4.58. The number of likely N-dealkylation sites (tertiary alicyclic amines) is 1. The lowest BCUT2D eigenvalue weighted by atomic mass is 9.76. The number of aromatic nitrogens is 3. The van der Waals surface area contributed by atoms with Gasteiger partial charge in [-0.05, 0) is 64.7 Å². The van der Waals surface area contributed by atoms with Gasteiger partial charge in [-0.25, -0.2) is 9.37 Å². The van der Waals surface area contributed by atoms with E-state index in [9.17, 15) is 14.0 Å². The average Bonchev–Trinajstić information content (AvgIpc) is 3.30. The molecule has 2 saturated heterocycles. The summed E-state index contributed by atoms with van der Waals surface area (Å²) >= 11 is 0. The van der Waals surface area contributed by atoms with Crippen LogP contribution in [0.4, 0.5) is 10.2 Å². The normalized spacial score (nSPS) is 17.6. The van der Waals surface area contributed by atoms with E-state index in [4.69, 9.17) is 4.74 Å². The fourth-order valence-corrected chi connectivity index (χ4v) is 6.21. The summed E-state index contributed by atoms with van der Waals surface area (Å²) in [7, 11) is 0. The third kappa shape index (κ3) is 6.21. The van der Waals surface area contributed by atoms with E-state index in [1.807, 2.05) is 27.7 Å². The van der Waals surface area contributed by atoms with E-state index < -0.39 is 5.82 Å². The molecule has 9 nitrogen and oxygen atoms in total. The lowest BCUT2D eigenvalue weighted by Gasteiger charge is -2.52. The van der Waals surface area contributed by atoms with Crippen LogP contribution in [0.1, 0.15) is 71.2 Å². The SMILES string of the molecule is CC(C)C(CCC=O)N1CC2(CCN(c3ncnnc3Oc3ccc(F)cc3C(=O)N(C(C)C)C(C)C)C2)C1. The molecule has 1 spiro atoms. The van der Waals surface area contributed by atoms with E-state index in [-0.39, 0.29) is 40.6 Å². The Labute approximate surface area is 230 Å². The van der Waals surface area contributed by atoms with Gasteiger partial charge in [-0.3, -0.25) is 9.69 Å². The Kier molecular flexibility index (Phi) is 8.83. The maximum atomic E-state index is 14.3. The number of ether oxygens (including phenoxy) is 1. The van der Waals surface area contributed by atoms with E-state index in [1.54, 1.807) is 4.90 Å².